The van der Waals surface area contributed by atoms with Crippen LogP contribution in [0.25, 0.3) is 22.2 Å². The SMILES string of the molecule is Cc1ccc(CN)c(-c2ccc3ccccc3n2)c1. The van der Waals surface area contributed by atoms with Gasteiger partial charge in [-0.15, -0.1) is 0 Å². The molecule has 3 rings (SSSR count). The molecule has 1 heterocycles. The normalized spacial score (nSPS) is 10.8. The lowest BCUT2D eigenvalue weighted by molar-refractivity contribution is 1.07. The maximum absolute atomic E-state index is 5.82. The third kappa shape index (κ3) is 2.23. The molecule has 0 aliphatic heterocycles. The van der Waals surface area contributed by atoms with E-state index >= 15 is 0 Å². The third-order valence-electron chi connectivity index (χ3n) is 3.36. The summed E-state index contributed by atoms with van der Waals surface area (Å²) in [5, 5.41) is 1.16. The van der Waals surface area contributed by atoms with E-state index in [2.05, 4.69) is 43.3 Å². The van der Waals surface area contributed by atoms with Crippen molar-refractivity contribution >= 4 is 10.9 Å². The summed E-state index contributed by atoms with van der Waals surface area (Å²) in [6.45, 7) is 2.62. The second-order valence-corrected chi connectivity index (χ2v) is 4.75. The van der Waals surface area contributed by atoms with Crippen molar-refractivity contribution in [3.63, 3.8) is 0 Å². The minimum absolute atomic E-state index is 0.532. The van der Waals surface area contributed by atoms with Crippen LogP contribution in [-0.4, -0.2) is 4.98 Å². The van der Waals surface area contributed by atoms with Gasteiger partial charge in [-0.2, -0.15) is 0 Å². The summed E-state index contributed by atoms with van der Waals surface area (Å²) in [6, 6.07) is 18.7. The quantitative estimate of drug-likeness (QED) is 0.751. The lowest BCUT2D eigenvalue weighted by atomic mass is 10.0. The van der Waals surface area contributed by atoms with E-state index in [0.29, 0.717) is 6.54 Å². The Balaban J connectivity index is 2.21. The largest absolute Gasteiger partial charge is 0.326 e. The van der Waals surface area contributed by atoms with E-state index in [-0.39, 0.29) is 0 Å². The molecule has 0 bridgehead atoms. The lowest BCUT2D eigenvalue weighted by Gasteiger charge is -2.09. The summed E-state index contributed by atoms with van der Waals surface area (Å²) < 4.78 is 0. The van der Waals surface area contributed by atoms with Gasteiger partial charge in [-0.05, 0) is 30.7 Å². The van der Waals surface area contributed by atoms with E-state index in [4.69, 9.17) is 10.7 Å². The third-order valence-corrected chi connectivity index (χ3v) is 3.36. The molecule has 3 aromatic rings. The van der Waals surface area contributed by atoms with E-state index in [9.17, 15) is 0 Å². The molecular formula is C17H16N2. The van der Waals surface area contributed by atoms with Crippen molar-refractivity contribution in [3.05, 3.63) is 65.7 Å². The van der Waals surface area contributed by atoms with Crippen molar-refractivity contribution in [2.24, 2.45) is 5.73 Å². The van der Waals surface area contributed by atoms with E-state index in [1.54, 1.807) is 0 Å². The first-order chi connectivity index (χ1) is 9.28. The molecule has 0 fully saturated rings. The molecule has 0 saturated heterocycles. The summed E-state index contributed by atoms with van der Waals surface area (Å²) >= 11 is 0. The van der Waals surface area contributed by atoms with Gasteiger partial charge >= 0.3 is 0 Å². The molecule has 0 saturated carbocycles. The number of aromatic nitrogens is 1. The van der Waals surface area contributed by atoms with Gasteiger partial charge in [0.1, 0.15) is 0 Å². The molecule has 0 amide bonds. The number of nitrogens with two attached hydrogens (primary N) is 1. The van der Waals surface area contributed by atoms with Gasteiger partial charge in [0.15, 0.2) is 0 Å². The maximum atomic E-state index is 5.82. The summed E-state index contributed by atoms with van der Waals surface area (Å²) in [5.41, 5.74) is 11.3. The highest BCUT2D eigenvalue weighted by Gasteiger charge is 2.06. The molecule has 94 valence electrons. The minimum atomic E-state index is 0.532. The van der Waals surface area contributed by atoms with Crippen LogP contribution in [0.15, 0.2) is 54.6 Å². The van der Waals surface area contributed by atoms with Crippen LogP contribution in [0.1, 0.15) is 11.1 Å². The molecule has 0 aliphatic rings. The molecule has 0 spiro atoms. The predicted octanol–water partition coefficient (Wildman–Crippen LogP) is 3.67. The van der Waals surface area contributed by atoms with Gasteiger partial charge < -0.3 is 5.73 Å². The average Bonchev–Trinajstić information content (AvgIpc) is 2.46. The fourth-order valence-corrected chi connectivity index (χ4v) is 2.32. The van der Waals surface area contributed by atoms with Crippen molar-refractivity contribution in [3.8, 4) is 11.3 Å². The Kier molecular flexibility index (Phi) is 3.02. The molecule has 2 heteroatoms. The molecule has 2 aromatic carbocycles. The molecule has 0 radical (unpaired) electrons. The first-order valence-electron chi connectivity index (χ1n) is 6.44. The van der Waals surface area contributed by atoms with E-state index in [1.165, 1.54) is 5.56 Å². The molecule has 2 N–H and O–H groups in total. The topological polar surface area (TPSA) is 38.9 Å². The first-order valence-corrected chi connectivity index (χ1v) is 6.44. The van der Waals surface area contributed by atoms with Crippen molar-refractivity contribution in [1.29, 1.82) is 0 Å². The van der Waals surface area contributed by atoms with Crippen LogP contribution >= 0.6 is 0 Å². The smallest absolute Gasteiger partial charge is 0.0713 e. The highest BCUT2D eigenvalue weighted by Crippen LogP contribution is 2.25. The number of aryl methyl sites for hydroxylation is 1. The van der Waals surface area contributed by atoms with Crippen molar-refractivity contribution in [2.45, 2.75) is 13.5 Å². The number of nitrogens with zero attached hydrogens (tertiary/aromatic N) is 1. The summed E-state index contributed by atoms with van der Waals surface area (Å²) in [5.74, 6) is 0. The Morgan fingerprint density at radius 2 is 1.84 bits per heavy atom. The van der Waals surface area contributed by atoms with Crippen molar-refractivity contribution in [2.75, 3.05) is 0 Å². The molecular weight excluding hydrogens is 232 g/mol. The second-order valence-electron chi connectivity index (χ2n) is 4.75. The van der Waals surface area contributed by atoms with Crippen LogP contribution in [0, 0.1) is 6.92 Å². The van der Waals surface area contributed by atoms with Crippen LogP contribution in [0.2, 0.25) is 0 Å². The zero-order valence-corrected chi connectivity index (χ0v) is 10.9. The van der Waals surface area contributed by atoms with Crippen molar-refractivity contribution in [1.82, 2.24) is 4.98 Å². The highest BCUT2D eigenvalue weighted by atomic mass is 14.7. The fraction of sp³-hybridized carbons (Fsp3) is 0.118. The predicted molar refractivity (Wildman–Crippen MR) is 79.8 cm³/mol. The van der Waals surface area contributed by atoms with Crippen LogP contribution in [0.4, 0.5) is 0 Å². The van der Waals surface area contributed by atoms with Crippen molar-refractivity contribution < 1.29 is 0 Å². The van der Waals surface area contributed by atoms with Crippen LogP contribution in [0.3, 0.4) is 0 Å². The van der Waals surface area contributed by atoms with Crippen LogP contribution in [0.5, 0.6) is 0 Å². The molecule has 0 aliphatic carbocycles. The van der Waals surface area contributed by atoms with Gasteiger partial charge in [0.2, 0.25) is 0 Å². The Morgan fingerprint density at radius 3 is 2.68 bits per heavy atom. The maximum Gasteiger partial charge on any atom is 0.0713 e. The number of fused-ring (bicyclic) bond motifs is 1. The van der Waals surface area contributed by atoms with Crippen LogP contribution in [-0.2, 0) is 6.54 Å². The number of hydrogen-bond donors (Lipinski definition) is 1. The Hall–Kier alpha value is -2.19. The average molecular weight is 248 g/mol. The second kappa shape index (κ2) is 4.82. The zero-order chi connectivity index (χ0) is 13.2. The first kappa shape index (κ1) is 11.9. The molecule has 0 unspecified atom stereocenters. The number of para-hydroxylation sites is 1. The molecule has 19 heavy (non-hydrogen) atoms. The van der Waals surface area contributed by atoms with Gasteiger partial charge in [0.05, 0.1) is 11.2 Å². The van der Waals surface area contributed by atoms with E-state index < -0.39 is 0 Å². The summed E-state index contributed by atoms with van der Waals surface area (Å²) in [4.78, 5) is 4.74. The molecule has 2 nitrogen and oxygen atoms in total. The Morgan fingerprint density at radius 1 is 1.00 bits per heavy atom. The summed E-state index contributed by atoms with van der Waals surface area (Å²) in [7, 11) is 0. The van der Waals surface area contributed by atoms with E-state index in [1.807, 2.05) is 18.2 Å². The number of hydrogen-bond acceptors (Lipinski definition) is 2. The summed E-state index contributed by atoms with van der Waals surface area (Å²) in [6.07, 6.45) is 0. The highest BCUT2D eigenvalue weighted by molar-refractivity contribution is 5.82. The standard InChI is InChI=1S/C17H16N2/c1-12-6-7-14(11-18)15(10-12)17-9-8-13-4-2-3-5-16(13)19-17/h2-10H,11,18H2,1H3. The number of rotatable bonds is 2. The molecule has 0 atom stereocenters. The van der Waals surface area contributed by atoms with Gasteiger partial charge in [0, 0.05) is 17.5 Å². The van der Waals surface area contributed by atoms with Gasteiger partial charge in [-0.25, -0.2) is 4.98 Å². The van der Waals surface area contributed by atoms with E-state index in [0.717, 1.165) is 27.7 Å². The van der Waals surface area contributed by atoms with Gasteiger partial charge in [-0.1, -0.05) is 42.0 Å². The minimum Gasteiger partial charge on any atom is -0.326 e. The van der Waals surface area contributed by atoms with Crippen LogP contribution < -0.4 is 5.73 Å². The zero-order valence-electron chi connectivity index (χ0n) is 10.9. The lowest BCUT2D eigenvalue weighted by Crippen LogP contribution is -2.00. The monoisotopic (exact) mass is 248 g/mol. The fourth-order valence-electron chi connectivity index (χ4n) is 2.32. The number of benzene rings is 2. The number of pyridine rings is 1. The van der Waals surface area contributed by atoms with Gasteiger partial charge in [0.25, 0.3) is 0 Å². The van der Waals surface area contributed by atoms with Gasteiger partial charge in [-0.3, -0.25) is 0 Å². The Labute approximate surface area is 112 Å². The Bertz CT molecular complexity index is 732. The molecule has 1 aromatic heterocycles.